The molecule has 20 heavy (non-hydrogen) atoms. The maximum absolute atomic E-state index is 11.9. The highest BCUT2D eigenvalue weighted by Gasteiger charge is 2.02. The molecule has 0 amide bonds. The maximum Gasteiger partial charge on any atom is 0.150 e. The molecule has 0 saturated carbocycles. The van der Waals surface area contributed by atoms with Crippen LogP contribution in [0.4, 0.5) is 5.69 Å². The molecule has 1 atom stereocenters. The van der Waals surface area contributed by atoms with E-state index >= 15 is 0 Å². The molecule has 0 aliphatic heterocycles. The molecule has 0 aliphatic carbocycles. The molecule has 0 saturated heterocycles. The quantitative estimate of drug-likeness (QED) is 0.829. The van der Waals surface area contributed by atoms with Crippen molar-refractivity contribution in [3.63, 3.8) is 0 Å². The largest absolute Gasteiger partial charge is 0.301 e. The van der Waals surface area contributed by atoms with Crippen LogP contribution in [0.15, 0.2) is 59.5 Å². The van der Waals surface area contributed by atoms with Gasteiger partial charge in [0, 0.05) is 5.69 Å². The van der Waals surface area contributed by atoms with Crippen molar-refractivity contribution in [1.82, 2.24) is 0 Å². The normalized spacial score (nSPS) is 10.2. The van der Waals surface area contributed by atoms with E-state index in [9.17, 15) is 4.21 Å². The van der Waals surface area contributed by atoms with Crippen molar-refractivity contribution in [2.45, 2.75) is 39.5 Å². The van der Waals surface area contributed by atoms with Gasteiger partial charge in [0.05, 0.1) is 4.90 Å². The molecule has 0 radical (unpaired) electrons. The molecule has 1 N–H and O–H groups in total. The zero-order valence-corrected chi connectivity index (χ0v) is 13.8. The lowest BCUT2D eigenvalue weighted by Crippen LogP contribution is -2.04. The predicted molar refractivity (Wildman–Crippen MR) is 90.3 cm³/mol. The summed E-state index contributed by atoms with van der Waals surface area (Å²) in [7, 11) is -1.19. The van der Waals surface area contributed by atoms with E-state index in [2.05, 4.69) is 4.72 Å². The van der Waals surface area contributed by atoms with Gasteiger partial charge in [-0.05, 0) is 31.2 Å². The Labute approximate surface area is 125 Å². The Morgan fingerprint density at radius 3 is 1.80 bits per heavy atom. The summed E-state index contributed by atoms with van der Waals surface area (Å²) in [4.78, 5) is 0.787. The van der Waals surface area contributed by atoms with Gasteiger partial charge in [0.25, 0.3) is 0 Å². The van der Waals surface area contributed by atoms with Crippen LogP contribution in [-0.2, 0) is 11.0 Å². The van der Waals surface area contributed by atoms with Crippen molar-refractivity contribution in [2.24, 2.45) is 0 Å². The number of anilines is 1. The first-order valence-electron chi connectivity index (χ1n) is 7.06. The van der Waals surface area contributed by atoms with Crippen molar-refractivity contribution in [3.05, 3.63) is 60.2 Å². The summed E-state index contributed by atoms with van der Waals surface area (Å²) in [5, 5.41) is 0. The van der Waals surface area contributed by atoms with E-state index in [4.69, 9.17) is 0 Å². The highest BCUT2D eigenvalue weighted by atomic mass is 32.2. The summed E-state index contributed by atoms with van der Waals surface area (Å²) < 4.78 is 14.9. The SMILES string of the molecule is CC.CC.Cc1ccc(S(=O)Nc2ccccc2)cc1. The molecule has 110 valence electrons. The Balaban J connectivity index is 0.000000829. The Hall–Kier alpha value is -1.61. The number of hydrogen-bond donors (Lipinski definition) is 1. The third-order valence-electron chi connectivity index (χ3n) is 2.22. The smallest absolute Gasteiger partial charge is 0.150 e. The van der Waals surface area contributed by atoms with Gasteiger partial charge in [-0.25, -0.2) is 4.21 Å². The lowest BCUT2D eigenvalue weighted by Gasteiger charge is -2.05. The van der Waals surface area contributed by atoms with E-state index in [0.29, 0.717) is 0 Å². The second kappa shape index (κ2) is 11.2. The van der Waals surface area contributed by atoms with Crippen molar-refractivity contribution in [3.8, 4) is 0 Å². The minimum atomic E-state index is -1.19. The first-order chi connectivity index (χ1) is 9.75. The van der Waals surface area contributed by atoms with Crippen molar-refractivity contribution in [2.75, 3.05) is 4.72 Å². The van der Waals surface area contributed by atoms with Crippen LogP contribution in [0.1, 0.15) is 33.3 Å². The number of benzene rings is 2. The van der Waals surface area contributed by atoms with Gasteiger partial charge in [-0.1, -0.05) is 63.6 Å². The summed E-state index contributed by atoms with van der Waals surface area (Å²) >= 11 is 0. The van der Waals surface area contributed by atoms with Crippen LogP contribution in [0.5, 0.6) is 0 Å². The molecular formula is C17H25NOS. The molecule has 0 spiro atoms. The standard InChI is InChI=1S/C13H13NOS.2C2H6/c1-11-7-9-13(10-8-11)16(15)14-12-5-3-2-4-6-12;2*1-2/h2-10,14H,1H3;2*1-2H3. The van der Waals surface area contributed by atoms with Crippen molar-refractivity contribution < 1.29 is 4.21 Å². The number of para-hydroxylation sites is 1. The van der Waals surface area contributed by atoms with Gasteiger partial charge in [0.15, 0.2) is 0 Å². The zero-order valence-electron chi connectivity index (χ0n) is 13.0. The van der Waals surface area contributed by atoms with E-state index in [-0.39, 0.29) is 0 Å². The fraction of sp³-hybridized carbons (Fsp3) is 0.294. The van der Waals surface area contributed by atoms with Crippen LogP contribution in [0, 0.1) is 6.92 Å². The summed E-state index contributed by atoms with van der Waals surface area (Å²) in [5.41, 5.74) is 2.03. The van der Waals surface area contributed by atoms with Crippen LogP contribution in [0.2, 0.25) is 0 Å². The minimum Gasteiger partial charge on any atom is -0.301 e. The fourth-order valence-corrected chi connectivity index (χ4v) is 2.19. The second-order valence-electron chi connectivity index (χ2n) is 3.55. The number of nitrogens with one attached hydrogen (secondary N) is 1. The average molecular weight is 291 g/mol. The molecule has 1 unspecified atom stereocenters. The molecular weight excluding hydrogens is 266 g/mol. The van der Waals surface area contributed by atoms with E-state index in [1.807, 2.05) is 89.2 Å². The van der Waals surface area contributed by atoms with Gasteiger partial charge in [-0.2, -0.15) is 0 Å². The lowest BCUT2D eigenvalue weighted by atomic mass is 10.2. The van der Waals surface area contributed by atoms with Crippen molar-refractivity contribution in [1.29, 1.82) is 0 Å². The summed E-state index contributed by atoms with van der Waals surface area (Å²) in [6, 6.07) is 17.2. The third kappa shape index (κ3) is 6.53. The monoisotopic (exact) mass is 291 g/mol. The van der Waals surface area contributed by atoms with Crippen molar-refractivity contribution >= 4 is 16.7 Å². The molecule has 0 fully saturated rings. The van der Waals surface area contributed by atoms with E-state index in [1.54, 1.807) is 0 Å². The second-order valence-corrected chi connectivity index (χ2v) is 4.76. The van der Waals surface area contributed by atoms with E-state index in [1.165, 1.54) is 5.56 Å². The van der Waals surface area contributed by atoms with Gasteiger partial charge >= 0.3 is 0 Å². The first kappa shape index (κ1) is 18.4. The highest BCUT2D eigenvalue weighted by molar-refractivity contribution is 7.86. The van der Waals surface area contributed by atoms with Crippen LogP contribution < -0.4 is 4.72 Å². The van der Waals surface area contributed by atoms with Crippen LogP contribution in [0.25, 0.3) is 0 Å². The first-order valence-corrected chi connectivity index (χ1v) is 8.21. The van der Waals surface area contributed by atoms with Gasteiger partial charge in [0.1, 0.15) is 11.0 Å². The van der Waals surface area contributed by atoms with E-state index < -0.39 is 11.0 Å². The molecule has 3 heteroatoms. The van der Waals surface area contributed by atoms with Crippen LogP contribution >= 0.6 is 0 Å². The summed E-state index contributed by atoms with van der Waals surface area (Å²) in [6.45, 7) is 10.0. The lowest BCUT2D eigenvalue weighted by molar-refractivity contribution is 0.686. The van der Waals surface area contributed by atoms with Gasteiger partial charge in [-0.3, -0.25) is 0 Å². The molecule has 0 bridgehead atoms. The molecule has 2 rings (SSSR count). The zero-order chi connectivity index (χ0) is 15.4. The molecule has 2 nitrogen and oxygen atoms in total. The average Bonchev–Trinajstić information content (AvgIpc) is 2.53. The highest BCUT2D eigenvalue weighted by Crippen LogP contribution is 2.12. The summed E-state index contributed by atoms with van der Waals surface area (Å²) in [6.07, 6.45) is 0. The molecule has 0 aliphatic rings. The number of rotatable bonds is 3. The van der Waals surface area contributed by atoms with Gasteiger partial charge < -0.3 is 4.72 Å². The Kier molecular flexibility index (Phi) is 10.3. The Morgan fingerprint density at radius 2 is 1.30 bits per heavy atom. The Bertz CT molecular complexity index is 480. The van der Waals surface area contributed by atoms with Gasteiger partial charge in [-0.15, -0.1) is 0 Å². The molecule has 0 aromatic heterocycles. The number of hydrogen-bond acceptors (Lipinski definition) is 1. The van der Waals surface area contributed by atoms with Crippen LogP contribution in [-0.4, -0.2) is 4.21 Å². The fourth-order valence-electron chi connectivity index (χ4n) is 1.33. The predicted octanol–water partition coefficient (Wildman–Crippen LogP) is 5.18. The number of aryl methyl sites for hydroxylation is 1. The molecule has 2 aromatic carbocycles. The topological polar surface area (TPSA) is 29.1 Å². The maximum atomic E-state index is 11.9. The van der Waals surface area contributed by atoms with Crippen LogP contribution in [0.3, 0.4) is 0 Å². The third-order valence-corrected chi connectivity index (χ3v) is 3.34. The van der Waals surface area contributed by atoms with E-state index in [0.717, 1.165) is 10.6 Å². The molecule has 0 heterocycles. The van der Waals surface area contributed by atoms with Gasteiger partial charge in [0.2, 0.25) is 0 Å². The summed E-state index contributed by atoms with van der Waals surface area (Å²) in [5.74, 6) is 0. The molecule has 2 aromatic rings. The Morgan fingerprint density at radius 1 is 0.800 bits per heavy atom. The minimum absolute atomic E-state index is 0.787.